The molecule has 0 bridgehead atoms. The number of Topliss-reactive ketones (excluding diaryl/α,β-unsaturated/α-hetero) is 1. The van der Waals surface area contributed by atoms with Gasteiger partial charge in [0, 0.05) is 13.3 Å². The largest absolute Gasteiger partial charge is 0.300 e. The molecule has 65 valence electrons. The van der Waals surface area contributed by atoms with E-state index < -0.39 is 0 Å². The average molecular weight is 155 g/mol. The van der Waals surface area contributed by atoms with E-state index in [1.165, 1.54) is 19.3 Å². The zero-order chi connectivity index (χ0) is 8.69. The van der Waals surface area contributed by atoms with E-state index in [1.54, 1.807) is 0 Å². The molecular weight excluding hydrogens is 136 g/mol. The summed E-state index contributed by atoms with van der Waals surface area (Å²) >= 11 is 0. The Bertz CT molecular complexity index is 107. The lowest BCUT2D eigenvalue weighted by Crippen LogP contribution is -2.04. The first kappa shape index (κ1) is 10.7. The van der Waals surface area contributed by atoms with E-state index >= 15 is 0 Å². The van der Waals surface area contributed by atoms with Crippen molar-refractivity contribution in [2.45, 2.75) is 46.0 Å². The number of carbonyl (C=O) groups is 1. The van der Waals surface area contributed by atoms with Crippen LogP contribution in [0.2, 0.25) is 0 Å². The number of hydrogen-bond acceptors (Lipinski definition) is 1. The van der Waals surface area contributed by atoms with E-state index in [2.05, 4.69) is 20.8 Å². The maximum Gasteiger partial charge on any atom is 0.133 e. The molecule has 0 aliphatic carbocycles. The molecule has 0 saturated heterocycles. The lowest BCUT2D eigenvalue weighted by molar-refractivity contribution is -0.115. The van der Waals surface area contributed by atoms with Crippen molar-refractivity contribution in [3.63, 3.8) is 0 Å². The van der Waals surface area contributed by atoms with Gasteiger partial charge in [-0.15, -0.1) is 0 Å². The molecule has 1 heteroatoms. The van der Waals surface area contributed by atoms with Crippen LogP contribution in [0.25, 0.3) is 0 Å². The van der Waals surface area contributed by atoms with Crippen LogP contribution in [0.5, 0.6) is 0 Å². The minimum absolute atomic E-state index is 0.0907. The van der Waals surface area contributed by atoms with Crippen molar-refractivity contribution in [2.75, 3.05) is 0 Å². The Morgan fingerprint density at radius 2 is 2.09 bits per heavy atom. The topological polar surface area (TPSA) is 17.1 Å². The molecule has 0 aromatic rings. The Balaban J connectivity index is 3.49. The van der Waals surface area contributed by atoms with Gasteiger partial charge in [-0.1, -0.05) is 39.5 Å². The van der Waals surface area contributed by atoms with Crippen LogP contribution in [0, 0.1) is 12.8 Å². The summed E-state index contributed by atoms with van der Waals surface area (Å²) in [6.45, 7) is 7.72. The normalized spacial score (nSPS) is 13.0. The first-order valence-corrected chi connectivity index (χ1v) is 4.55. The van der Waals surface area contributed by atoms with Crippen molar-refractivity contribution in [1.82, 2.24) is 0 Å². The van der Waals surface area contributed by atoms with Crippen molar-refractivity contribution in [3.8, 4) is 0 Å². The summed E-state index contributed by atoms with van der Waals surface area (Å²) in [5, 5.41) is 0. The fraction of sp³-hybridized carbons (Fsp3) is 0.800. The molecule has 0 amide bonds. The number of ketones is 1. The van der Waals surface area contributed by atoms with Gasteiger partial charge < -0.3 is 0 Å². The van der Waals surface area contributed by atoms with Crippen molar-refractivity contribution in [2.24, 2.45) is 5.92 Å². The summed E-state index contributed by atoms with van der Waals surface area (Å²) in [4.78, 5) is 10.7. The summed E-state index contributed by atoms with van der Waals surface area (Å²) in [5.41, 5.74) is 0. The summed E-state index contributed by atoms with van der Waals surface area (Å²) in [6.07, 6.45) is 5.44. The third-order valence-corrected chi connectivity index (χ3v) is 2.06. The first-order chi connectivity index (χ1) is 5.20. The highest BCUT2D eigenvalue weighted by Gasteiger charge is 2.07. The van der Waals surface area contributed by atoms with Gasteiger partial charge in [-0.25, -0.2) is 0 Å². The van der Waals surface area contributed by atoms with Gasteiger partial charge in [-0.2, -0.15) is 0 Å². The highest BCUT2D eigenvalue weighted by atomic mass is 16.1. The van der Waals surface area contributed by atoms with Crippen LogP contribution < -0.4 is 0 Å². The minimum Gasteiger partial charge on any atom is -0.300 e. The lowest BCUT2D eigenvalue weighted by atomic mass is 9.94. The number of rotatable bonds is 6. The number of unbranched alkanes of at least 4 members (excludes halogenated alkanes) is 1. The maximum absolute atomic E-state index is 10.7. The van der Waals surface area contributed by atoms with E-state index in [-0.39, 0.29) is 5.78 Å². The smallest absolute Gasteiger partial charge is 0.133 e. The summed E-state index contributed by atoms with van der Waals surface area (Å²) in [7, 11) is 0. The number of hydrogen-bond donors (Lipinski definition) is 0. The van der Waals surface area contributed by atoms with Crippen molar-refractivity contribution < 1.29 is 4.79 Å². The van der Waals surface area contributed by atoms with Gasteiger partial charge in [-0.05, 0) is 5.92 Å². The van der Waals surface area contributed by atoms with Crippen LogP contribution in [0.1, 0.15) is 46.0 Å². The van der Waals surface area contributed by atoms with Gasteiger partial charge in [0.1, 0.15) is 5.78 Å². The quantitative estimate of drug-likeness (QED) is 0.576. The van der Waals surface area contributed by atoms with Crippen molar-refractivity contribution >= 4 is 5.78 Å². The molecular formula is C10H19O. The Kier molecular flexibility index (Phi) is 6.19. The second-order valence-corrected chi connectivity index (χ2v) is 3.16. The van der Waals surface area contributed by atoms with Crippen LogP contribution in [0.15, 0.2) is 0 Å². The van der Waals surface area contributed by atoms with E-state index in [0.29, 0.717) is 12.3 Å². The second-order valence-electron chi connectivity index (χ2n) is 3.16. The molecule has 0 aromatic carbocycles. The molecule has 0 saturated carbocycles. The van der Waals surface area contributed by atoms with Crippen LogP contribution >= 0.6 is 0 Å². The van der Waals surface area contributed by atoms with Gasteiger partial charge >= 0.3 is 0 Å². The Morgan fingerprint density at radius 1 is 1.45 bits per heavy atom. The molecule has 1 nitrogen and oxygen atoms in total. The van der Waals surface area contributed by atoms with Crippen LogP contribution in [-0.2, 0) is 4.79 Å². The first-order valence-electron chi connectivity index (χ1n) is 4.55. The Labute approximate surface area is 70.2 Å². The van der Waals surface area contributed by atoms with Crippen LogP contribution in [-0.4, -0.2) is 5.78 Å². The van der Waals surface area contributed by atoms with Crippen LogP contribution in [0.4, 0.5) is 0 Å². The molecule has 0 N–H and O–H groups in total. The molecule has 0 aliphatic rings. The second kappa shape index (κ2) is 6.38. The predicted molar refractivity (Wildman–Crippen MR) is 48.3 cm³/mol. The monoisotopic (exact) mass is 155 g/mol. The molecule has 1 atom stereocenters. The molecule has 0 spiro atoms. The molecule has 0 aliphatic heterocycles. The van der Waals surface area contributed by atoms with Gasteiger partial charge in [0.15, 0.2) is 0 Å². The standard InChI is InChI=1S/C10H19O/c1-4-6-7-10(5-2)8-9(3)11/h10H,3-8H2,1-2H3. The van der Waals surface area contributed by atoms with Gasteiger partial charge in [0.25, 0.3) is 0 Å². The van der Waals surface area contributed by atoms with E-state index in [1.807, 2.05) is 0 Å². The fourth-order valence-electron chi connectivity index (χ4n) is 1.27. The molecule has 11 heavy (non-hydrogen) atoms. The third kappa shape index (κ3) is 6.08. The van der Waals surface area contributed by atoms with Gasteiger partial charge in [-0.3, -0.25) is 4.79 Å². The average Bonchev–Trinajstić information content (AvgIpc) is 1.97. The van der Waals surface area contributed by atoms with E-state index in [0.717, 1.165) is 6.42 Å². The molecule has 0 heterocycles. The molecule has 0 aromatic heterocycles. The van der Waals surface area contributed by atoms with Gasteiger partial charge in [0.05, 0.1) is 0 Å². The maximum atomic E-state index is 10.7. The minimum atomic E-state index is 0.0907. The van der Waals surface area contributed by atoms with E-state index in [9.17, 15) is 4.79 Å². The highest BCUT2D eigenvalue weighted by Crippen LogP contribution is 2.16. The zero-order valence-electron chi connectivity index (χ0n) is 7.73. The van der Waals surface area contributed by atoms with E-state index in [4.69, 9.17) is 0 Å². The Morgan fingerprint density at radius 3 is 2.45 bits per heavy atom. The molecule has 1 radical (unpaired) electrons. The summed E-state index contributed by atoms with van der Waals surface area (Å²) < 4.78 is 0. The van der Waals surface area contributed by atoms with Crippen molar-refractivity contribution in [3.05, 3.63) is 6.92 Å². The van der Waals surface area contributed by atoms with Crippen LogP contribution in [0.3, 0.4) is 0 Å². The lowest BCUT2D eigenvalue weighted by Gasteiger charge is -2.11. The highest BCUT2D eigenvalue weighted by molar-refractivity contribution is 5.82. The van der Waals surface area contributed by atoms with Gasteiger partial charge in [0.2, 0.25) is 0 Å². The zero-order valence-corrected chi connectivity index (χ0v) is 7.73. The van der Waals surface area contributed by atoms with Crippen molar-refractivity contribution in [1.29, 1.82) is 0 Å². The number of carbonyl (C=O) groups excluding carboxylic acids is 1. The molecule has 0 rings (SSSR count). The summed E-state index contributed by atoms with van der Waals surface area (Å²) in [5.74, 6) is 0.674. The third-order valence-electron chi connectivity index (χ3n) is 2.06. The SMILES string of the molecule is [CH2]C(=O)CC(CC)CCCC. The summed E-state index contributed by atoms with van der Waals surface area (Å²) in [6, 6.07) is 0. The predicted octanol–water partition coefficient (Wildman–Crippen LogP) is 3.00. The molecule has 0 fully saturated rings. The Hall–Kier alpha value is -0.330. The molecule has 1 unspecified atom stereocenters. The fourth-order valence-corrected chi connectivity index (χ4v) is 1.27.